The van der Waals surface area contributed by atoms with E-state index in [1.807, 2.05) is 12.3 Å². The van der Waals surface area contributed by atoms with Gasteiger partial charge in [-0.05, 0) is 16.7 Å². The molecule has 0 bridgehead atoms. The van der Waals surface area contributed by atoms with E-state index < -0.39 is 6.35 Å². The standard InChI is InChI=1S/C19H26BO/c1-5-18-17(15-21-20(6-2,7-3)8-4)14-13-16-11-9-10-12-19(16)18/h5,9-15,18H,1,6-8H2,2-4H3/q-1/b17-15-/t18-/m0/s1. The van der Waals surface area contributed by atoms with E-state index in [9.17, 15) is 0 Å². The minimum Gasteiger partial charge on any atom is -0.718 e. The average Bonchev–Trinajstić information content (AvgIpc) is 2.56. The molecule has 0 radical (unpaired) electrons. The van der Waals surface area contributed by atoms with Gasteiger partial charge in [-0.3, -0.25) is 0 Å². The van der Waals surface area contributed by atoms with E-state index in [4.69, 9.17) is 4.65 Å². The highest BCUT2D eigenvalue weighted by Crippen LogP contribution is 2.35. The largest absolute Gasteiger partial charge is 0.718 e. The van der Waals surface area contributed by atoms with Gasteiger partial charge in [0.05, 0.1) is 0 Å². The van der Waals surface area contributed by atoms with Crippen molar-refractivity contribution in [2.24, 2.45) is 0 Å². The molecule has 0 N–H and O–H groups in total. The Morgan fingerprint density at radius 3 is 2.38 bits per heavy atom. The zero-order valence-corrected chi connectivity index (χ0v) is 13.5. The van der Waals surface area contributed by atoms with E-state index in [2.05, 4.69) is 63.8 Å². The molecule has 0 fully saturated rings. The second kappa shape index (κ2) is 6.84. The summed E-state index contributed by atoms with van der Waals surface area (Å²) in [6.07, 6.45) is 10.9. The molecule has 0 saturated carbocycles. The Hall–Kier alpha value is -1.70. The Labute approximate surface area is 129 Å². The number of allylic oxidation sites excluding steroid dienone is 3. The molecule has 0 heterocycles. The minimum absolute atomic E-state index is 0.227. The zero-order valence-electron chi connectivity index (χ0n) is 13.5. The number of benzene rings is 1. The van der Waals surface area contributed by atoms with Crippen LogP contribution in [-0.4, -0.2) is 6.35 Å². The maximum Gasteiger partial charge on any atom is 0.163 e. The first kappa shape index (κ1) is 15.7. The monoisotopic (exact) mass is 281 g/mol. The molecule has 2 heteroatoms. The van der Waals surface area contributed by atoms with Crippen LogP contribution in [-0.2, 0) is 4.65 Å². The lowest BCUT2D eigenvalue weighted by molar-refractivity contribution is 0.452. The molecule has 0 unspecified atom stereocenters. The van der Waals surface area contributed by atoms with Gasteiger partial charge in [0.15, 0.2) is 6.35 Å². The third-order valence-electron chi connectivity index (χ3n) is 5.11. The van der Waals surface area contributed by atoms with E-state index in [-0.39, 0.29) is 5.92 Å². The summed E-state index contributed by atoms with van der Waals surface area (Å²) in [5, 5.41) is 0. The summed E-state index contributed by atoms with van der Waals surface area (Å²) in [5.74, 6) is 0.227. The normalized spacial score (nSPS) is 19.4. The Kier molecular flexibility index (Phi) is 5.11. The lowest BCUT2D eigenvalue weighted by atomic mass is 9.34. The highest BCUT2D eigenvalue weighted by Gasteiger charge is 2.22. The summed E-state index contributed by atoms with van der Waals surface area (Å²) in [5.41, 5.74) is 3.79. The molecule has 1 aliphatic rings. The second-order valence-corrected chi connectivity index (χ2v) is 6.02. The van der Waals surface area contributed by atoms with Crippen molar-refractivity contribution in [2.75, 3.05) is 0 Å². The third-order valence-corrected chi connectivity index (χ3v) is 5.11. The summed E-state index contributed by atoms with van der Waals surface area (Å²) in [6, 6.07) is 8.49. The van der Waals surface area contributed by atoms with E-state index >= 15 is 0 Å². The fraction of sp³-hybridized carbons (Fsp3) is 0.368. The molecule has 21 heavy (non-hydrogen) atoms. The van der Waals surface area contributed by atoms with Crippen LogP contribution in [0.2, 0.25) is 19.0 Å². The lowest BCUT2D eigenvalue weighted by Crippen LogP contribution is -2.33. The fourth-order valence-corrected chi connectivity index (χ4v) is 3.17. The third kappa shape index (κ3) is 3.15. The SMILES string of the molecule is C=C[C@H]1/C(=C\O[B-](CC)(CC)CC)C=Cc2ccccc21. The van der Waals surface area contributed by atoms with Crippen molar-refractivity contribution < 1.29 is 4.65 Å². The molecule has 1 aromatic carbocycles. The Morgan fingerprint density at radius 1 is 1.10 bits per heavy atom. The van der Waals surface area contributed by atoms with Gasteiger partial charge in [0.1, 0.15) is 0 Å². The van der Waals surface area contributed by atoms with Crippen LogP contribution < -0.4 is 0 Å². The van der Waals surface area contributed by atoms with E-state index in [1.165, 1.54) is 16.7 Å². The predicted octanol–water partition coefficient (Wildman–Crippen LogP) is 5.89. The van der Waals surface area contributed by atoms with Gasteiger partial charge in [0.2, 0.25) is 0 Å². The van der Waals surface area contributed by atoms with Crippen LogP contribution >= 0.6 is 0 Å². The lowest BCUT2D eigenvalue weighted by Gasteiger charge is -2.38. The molecule has 0 aromatic heterocycles. The first-order valence-electron chi connectivity index (χ1n) is 8.16. The smallest absolute Gasteiger partial charge is 0.163 e. The molecule has 1 aromatic rings. The van der Waals surface area contributed by atoms with Crippen molar-refractivity contribution >= 4 is 12.4 Å². The highest BCUT2D eigenvalue weighted by atomic mass is 16.4. The van der Waals surface area contributed by atoms with Crippen LogP contribution in [0.3, 0.4) is 0 Å². The summed E-state index contributed by atoms with van der Waals surface area (Å²) in [7, 11) is 0. The van der Waals surface area contributed by atoms with Crippen LogP contribution in [0.5, 0.6) is 0 Å². The quantitative estimate of drug-likeness (QED) is 0.359. The van der Waals surface area contributed by atoms with Gasteiger partial charge < -0.3 is 4.65 Å². The van der Waals surface area contributed by atoms with Crippen molar-refractivity contribution in [2.45, 2.75) is 45.6 Å². The summed E-state index contributed by atoms with van der Waals surface area (Å²) >= 11 is 0. The molecular weight excluding hydrogens is 255 g/mol. The van der Waals surface area contributed by atoms with Crippen LogP contribution in [0.25, 0.3) is 6.08 Å². The van der Waals surface area contributed by atoms with Crippen molar-refractivity contribution in [3.8, 4) is 0 Å². The van der Waals surface area contributed by atoms with E-state index in [0.717, 1.165) is 19.0 Å². The molecule has 0 spiro atoms. The van der Waals surface area contributed by atoms with Crippen LogP contribution in [0.15, 0.2) is 54.8 Å². The van der Waals surface area contributed by atoms with Gasteiger partial charge >= 0.3 is 0 Å². The van der Waals surface area contributed by atoms with Gasteiger partial charge in [-0.2, -0.15) is 0 Å². The molecule has 0 saturated heterocycles. The Balaban J connectivity index is 2.29. The first-order valence-corrected chi connectivity index (χ1v) is 8.16. The van der Waals surface area contributed by atoms with Crippen molar-refractivity contribution in [1.29, 1.82) is 0 Å². The molecule has 0 amide bonds. The molecular formula is C19H26BO-. The molecule has 1 nitrogen and oxygen atoms in total. The number of hydrogen-bond donors (Lipinski definition) is 0. The second-order valence-electron chi connectivity index (χ2n) is 6.02. The molecule has 0 aliphatic heterocycles. The summed E-state index contributed by atoms with van der Waals surface area (Å²) in [4.78, 5) is 0. The fourth-order valence-electron chi connectivity index (χ4n) is 3.17. The van der Waals surface area contributed by atoms with Gasteiger partial charge in [0, 0.05) is 12.2 Å². The maximum absolute atomic E-state index is 6.27. The van der Waals surface area contributed by atoms with Gasteiger partial charge in [-0.25, -0.2) is 0 Å². The predicted molar refractivity (Wildman–Crippen MR) is 94.8 cm³/mol. The Morgan fingerprint density at radius 2 is 1.76 bits per heavy atom. The van der Waals surface area contributed by atoms with E-state index in [1.54, 1.807) is 0 Å². The zero-order chi connectivity index (χ0) is 15.3. The van der Waals surface area contributed by atoms with E-state index in [0.29, 0.717) is 0 Å². The van der Waals surface area contributed by atoms with Crippen LogP contribution in [0.1, 0.15) is 37.8 Å². The van der Waals surface area contributed by atoms with Crippen LogP contribution in [0.4, 0.5) is 0 Å². The Bertz CT molecular complexity index is 544. The number of fused-ring (bicyclic) bond motifs is 1. The number of rotatable bonds is 6. The van der Waals surface area contributed by atoms with Crippen molar-refractivity contribution in [3.05, 3.63) is 66.0 Å². The van der Waals surface area contributed by atoms with Gasteiger partial charge in [-0.15, -0.1) is 25.5 Å². The van der Waals surface area contributed by atoms with Crippen LogP contribution in [0, 0.1) is 0 Å². The van der Waals surface area contributed by atoms with Gasteiger partial charge in [0.25, 0.3) is 0 Å². The number of hydrogen-bond acceptors (Lipinski definition) is 1. The molecule has 1 aliphatic carbocycles. The van der Waals surface area contributed by atoms with Crippen molar-refractivity contribution in [1.82, 2.24) is 0 Å². The van der Waals surface area contributed by atoms with Gasteiger partial charge in [-0.1, -0.05) is 63.3 Å². The molecule has 112 valence electrons. The summed E-state index contributed by atoms with van der Waals surface area (Å²) < 4.78 is 6.27. The molecule has 1 atom stereocenters. The first-order chi connectivity index (χ1) is 10.2. The summed E-state index contributed by atoms with van der Waals surface area (Å²) in [6.45, 7) is 10.7. The topological polar surface area (TPSA) is 9.23 Å². The average molecular weight is 281 g/mol. The minimum atomic E-state index is -0.732. The highest BCUT2D eigenvalue weighted by molar-refractivity contribution is 6.73. The maximum atomic E-state index is 6.27. The van der Waals surface area contributed by atoms with Crippen molar-refractivity contribution in [3.63, 3.8) is 0 Å². The molecule has 2 rings (SSSR count).